The van der Waals surface area contributed by atoms with Gasteiger partial charge in [-0.25, -0.2) is 0 Å². The predicted molar refractivity (Wildman–Crippen MR) is 101 cm³/mol. The smallest absolute Gasteiger partial charge is 0.367 e. The Morgan fingerprint density at radius 3 is 2.58 bits per heavy atom. The second-order valence-corrected chi connectivity index (χ2v) is 7.98. The Bertz CT molecular complexity index is 729. The second kappa shape index (κ2) is 8.50. The number of rotatable bonds is 7. The summed E-state index contributed by atoms with van der Waals surface area (Å²) in [6.45, 7) is 1.55. The summed E-state index contributed by atoms with van der Waals surface area (Å²) in [4.78, 5) is 2.15. The van der Waals surface area contributed by atoms with Crippen LogP contribution in [-0.4, -0.2) is 58.4 Å². The van der Waals surface area contributed by atoms with Crippen LogP contribution in [0.2, 0.25) is 0 Å². The van der Waals surface area contributed by atoms with Crippen molar-refractivity contribution in [1.82, 2.24) is 15.5 Å². The maximum Gasteiger partial charge on any atom is 0.367 e. The van der Waals surface area contributed by atoms with Crippen LogP contribution in [0.5, 0.6) is 0 Å². The molecule has 1 aliphatic heterocycles. The van der Waals surface area contributed by atoms with Gasteiger partial charge in [0.05, 0.1) is 0 Å². The first-order chi connectivity index (χ1) is 11.4. The van der Waals surface area contributed by atoms with E-state index in [0.717, 1.165) is 18.1 Å². The molecule has 1 aromatic rings. The number of thioether (sulfide) groups is 1. The number of nitrogens with one attached hydrogen (secondary N) is 2. The molecule has 9 heteroatoms. The van der Waals surface area contributed by atoms with E-state index in [0.29, 0.717) is 6.54 Å². The molecule has 132 valence electrons. The van der Waals surface area contributed by atoms with Crippen LogP contribution < -0.4 is 10.6 Å². The molecular weight excluding hydrogens is 346 g/mol. The van der Waals surface area contributed by atoms with E-state index in [9.17, 15) is 8.42 Å². The van der Waals surface area contributed by atoms with Crippen molar-refractivity contribution in [3.8, 4) is 0 Å². The average Bonchev–Trinajstić information content (AvgIpc) is 2.81. The molecule has 0 radical (unpaired) electrons. The lowest BCUT2D eigenvalue weighted by atomic mass is 10.1. The van der Waals surface area contributed by atoms with E-state index in [1.54, 1.807) is 18.8 Å². The van der Waals surface area contributed by atoms with Gasteiger partial charge in [-0.05, 0) is 25.2 Å². The van der Waals surface area contributed by atoms with Crippen molar-refractivity contribution in [2.75, 3.05) is 33.4 Å². The molecule has 0 atom stereocenters. The molecule has 0 bridgehead atoms. The van der Waals surface area contributed by atoms with Gasteiger partial charge < -0.3 is 15.5 Å². The van der Waals surface area contributed by atoms with Crippen molar-refractivity contribution >= 4 is 33.6 Å². The molecule has 1 aliphatic rings. The molecular formula is C15H23N5O2S2. The van der Waals surface area contributed by atoms with Crippen molar-refractivity contribution in [2.24, 2.45) is 8.80 Å². The van der Waals surface area contributed by atoms with Gasteiger partial charge in [0.25, 0.3) is 0 Å². The van der Waals surface area contributed by atoms with Crippen LogP contribution >= 0.6 is 11.8 Å². The molecule has 1 heterocycles. The lowest BCUT2D eigenvalue weighted by Gasteiger charge is -2.11. The highest BCUT2D eigenvalue weighted by Gasteiger charge is 2.22. The quantitative estimate of drug-likeness (QED) is 0.693. The molecule has 0 spiro atoms. The summed E-state index contributed by atoms with van der Waals surface area (Å²) in [6.07, 6.45) is 0. The molecule has 0 unspecified atom stereocenters. The zero-order valence-electron chi connectivity index (χ0n) is 14.1. The molecule has 2 rings (SSSR count). The van der Waals surface area contributed by atoms with Crippen molar-refractivity contribution < 1.29 is 8.42 Å². The van der Waals surface area contributed by atoms with Crippen LogP contribution in [-0.2, 0) is 22.5 Å². The summed E-state index contributed by atoms with van der Waals surface area (Å²) in [5, 5.41) is 5.74. The van der Waals surface area contributed by atoms with Crippen LogP contribution in [0, 0.1) is 0 Å². The monoisotopic (exact) mass is 369 g/mol. The summed E-state index contributed by atoms with van der Waals surface area (Å²) in [5.41, 5.74) is 2.59. The highest BCUT2D eigenvalue weighted by Crippen LogP contribution is 2.14. The van der Waals surface area contributed by atoms with Gasteiger partial charge in [0.2, 0.25) is 0 Å². The van der Waals surface area contributed by atoms with Crippen LogP contribution in [0.1, 0.15) is 11.1 Å². The standard InChI is InChI=1S/C15H23N5O2S2/c1-16-14-15(19-24(21,22)18-14)17-7-8-23-11-13-6-4-5-12(9-13)10-20(2)3/h4-6,9H,7-8,10-11H2,1-3H3,(H,16,18)(H,17,19). The molecule has 0 amide bonds. The summed E-state index contributed by atoms with van der Waals surface area (Å²) in [7, 11) is 2.01. The fourth-order valence-corrected chi connectivity index (χ4v) is 3.87. The molecule has 7 nitrogen and oxygen atoms in total. The highest BCUT2D eigenvalue weighted by atomic mass is 32.2. The third kappa shape index (κ3) is 5.81. The largest absolute Gasteiger partial charge is 0.369 e. The third-order valence-corrected chi connectivity index (χ3v) is 5.03. The number of amidine groups is 2. The SMILES string of the molecule is CNC1=NS(=O)(=O)N=C1NCCSCc1cccc(CN(C)C)c1. The number of likely N-dealkylation sites (N-methyl/N-ethyl adjacent to an activating group) is 1. The maximum absolute atomic E-state index is 11.3. The summed E-state index contributed by atoms with van der Waals surface area (Å²) in [5.74, 6) is 2.30. The summed E-state index contributed by atoms with van der Waals surface area (Å²) >= 11 is 1.79. The van der Waals surface area contributed by atoms with E-state index in [4.69, 9.17) is 0 Å². The van der Waals surface area contributed by atoms with Crippen LogP contribution in [0.3, 0.4) is 0 Å². The minimum Gasteiger partial charge on any atom is -0.369 e. The summed E-state index contributed by atoms with van der Waals surface area (Å²) < 4.78 is 29.7. The van der Waals surface area contributed by atoms with Gasteiger partial charge in [0.1, 0.15) is 0 Å². The van der Waals surface area contributed by atoms with Crippen molar-refractivity contribution in [3.63, 3.8) is 0 Å². The molecule has 0 aromatic heterocycles. The molecule has 0 aliphatic carbocycles. The first kappa shape index (κ1) is 18.8. The minimum atomic E-state index is -3.72. The van der Waals surface area contributed by atoms with E-state index >= 15 is 0 Å². The van der Waals surface area contributed by atoms with Gasteiger partial charge in [0, 0.05) is 31.6 Å². The number of hydrogen-bond acceptors (Lipinski definition) is 6. The van der Waals surface area contributed by atoms with Gasteiger partial charge in [0.15, 0.2) is 11.7 Å². The normalized spacial score (nSPS) is 16.0. The number of nitrogens with zero attached hydrogens (tertiary/aromatic N) is 3. The van der Waals surface area contributed by atoms with E-state index in [2.05, 4.69) is 62.7 Å². The zero-order chi connectivity index (χ0) is 17.6. The average molecular weight is 370 g/mol. The van der Waals surface area contributed by atoms with E-state index < -0.39 is 10.2 Å². The van der Waals surface area contributed by atoms with Crippen LogP contribution in [0.25, 0.3) is 0 Å². The van der Waals surface area contributed by atoms with Gasteiger partial charge in [-0.1, -0.05) is 24.3 Å². The second-order valence-electron chi connectivity index (χ2n) is 5.61. The van der Waals surface area contributed by atoms with E-state index in [-0.39, 0.29) is 11.7 Å². The van der Waals surface area contributed by atoms with Crippen LogP contribution in [0.15, 0.2) is 33.1 Å². The molecule has 1 aromatic carbocycles. The zero-order valence-corrected chi connectivity index (χ0v) is 15.7. The molecule has 0 saturated heterocycles. The van der Waals surface area contributed by atoms with Crippen LogP contribution in [0.4, 0.5) is 0 Å². The number of benzene rings is 1. The Balaban J connectivity index is 1.75. The summed E-state index contributed by atoms with van der Waals surface area (Å²) in [6, 6.07) is 8.56. The molecule has 24 heavy (non-hydrogen) atoms. The van der Waals surface area contributed by atoms with Crippen molar-refractivity contribution in [3.05, 3.63) is 35.4 Å². The lowest BCUT2D eigenvalue weighted by Crippen LogP contribution is -2.37. The first-order valence-corrected chi connectivity index (χ1v) is 10.1. The third-order valence-electron chi connectivity index (χ3n) is 3.17. The Morgan fingerprint density at radius 1 is 1.17 bits per heavy atom. The van der Waals surface area contributed by atoms with Gasteiger partial charge >= 0.3 is 10.2 Å². The lowest BCUT2D eigenvalue weighted by molar-refractivity contribution is 0.402. The Hall–Kier alpha value is -1.58. The van der Waals surface area contributed by atoms with Gasteiger partial charge in [-0.3, -0.25) is 0 Å². The Labute approximate surface area is 147 Å². The van der Waals surface area contributed by atoms with Crippen molar-refractivity contribution in [2.45, 2.75) is 12.3 Å². The predicted octanol–water partition coefficient (Wildman–Crippen LogP) is 0.846. The first-order valence-electron chi connectivity index (χ1n) is 7.57. The Kier molecular flexibility index (Phi) is 6.64. The number of hydrogen-bond donors (Lipinski definition) is 2. The molecule has 0 fully saturated rings. The molecule has 0 saturated carbocycles. The molecule has 2 N–H and O–H groups in total. The fraction of sp³-hybridized carbons (Fsp3) is 0.467. The maximum atomic E-state index is 11.3. The van der Waals surface area contributed by atoms with Crippen molar-refractivity contribution in [1.29, 1.82) is 0 Å². The topological polar surface area (TPSA) is 86.2 Å². The van der Waals surface area contributed by atoms with Gasteiger partial charge in [-0.2, -0.15) is 20.2 Å². The minimum absolute atomic E-state index is 0.261. The van der Waals surface area contributed by atoms with E-state index in [1.807, 2.05) is 0 Å². The highest BCUT2D eigenvalue weighted by molar-refractivity contribution is 7.98. The fourth-order valence-electron chi connectivity index (χ4n) is 2.23. The van der Waals surface area contributed by atoms with E-state index in [1.165, 1.54) is 11.1 Å². The van der Waals surface area contributed by atoms with Gasteiger partial charge in [-0.15, -0.1) is 8.80 Å². The Morgan fingerprint density at radius 2 is 1.88 bits per heavy atom.